The van der Waals surface area contributed by atoms with Crippen LogP contribution in [0.15, 0.2) is 90.7 Å². The zero-order valence-corrected chi connectivity index (χ0v) is 25.6. The van der Waals surface area contributed by atoms with Gasteiger partial charge in [-0.15, -0.1) is 0 Å². The van der Waals surface area contributed by atoms with E-state index in [1.807, 2.05) is 17.9 Å². The quantitative estimate of drug-likeness (QED) is 0.103. The first-order valence-electron chi connectivity index (χ1n) is 12.7. The molecule has 4 aromatic carbocycles. The van der Waals surface area contributed by atoms with Crippen LogP contribution in [0.4, 0.5) is 0 Å². The van der Waals surface area contributed by atoms with Crippen LogP contribution in [0.25, 0.3) is 6.08 Å². The van der Waals surface area contributed by atoms with E-state index >= 15 is 0 Å². The Morgan fingerprint density at radius 3 is 1.95 bits per heavy atom. The topological polar surface area (TPSA) is 144 Å². The van der Waals surface area contributed by atoms with Gasteiger partial charge in [-0.2, -0.15) is 0 Å². The van der Waals surface area contributed by atoms with E-state index in [1.165, 1.54) is 12.1 Å². The van der Waals surface area contributed by atoms with Crippen molar-refractivity contribution in [2.45, 2.75) is 18.2 Å². The molecule has 0 fully saturated rings. The molecule has 43 heavy (non-hydrogen) atoms. The average Bonchev–Trinajstić information content (AvgIpc) is 2.92. The molecule has 0 radical (unpaired) electrons. The fourth-order valence-corrected chi connectivity index (χ4v) is 7.47. The molecule has 0 heterocycles. The number of carbonyl (C=O) groups is 2. The fourth-order valence-electron chi connectivity index (χ4n) is 4.33. The number of nitrogens with one attached hydrogen (secondary N) is 1. The molecule has 8 nitrogen and oxygen atoms in total. The van der Waals surface area contributed by atoms with Gasteiger partial charge in [-0.25, -0.2) is 9.00 Å². The highest BCUT2D eigenvalue weighted by atomic mass is 35.5. The van der Waals surface area contributed by atoms with Crippen molar-refractivity contribution in [3.63, 3.8) is 0 Å². The van der Waals surface area contributed by atoms with Gasteiger partial charge in [-0.1, -0.05) is 83.6 Å². The standard InChI is InChI=1S/C31H26Cl2NO7PS/c32-26-13-20(10-11-42(24-8-2-6-22(35)16-24)25-9-3-7-23(36)17-25)14-27(33)29(26)30(37)34-28(31(38)39)15-19-4-1-5-21(12-19)18-43(40)41/h1-14,16-17,28,35-36H,15,18H2,(H,34,37)(H,38,39)(H,40,41)/b11-10+/t28-/m0/s1. The van der Waals surface area contributed by atoms with Gasteiger partial charge in [0.1, 0.15) is 17.5 Å². The first kappa shape index (κ1) is 32.2. The summed E-state index contributed by atoms with van der Waals surface area (Å²) in [5.74, 6) is -0.0338. The van der Waals surface area contributed by atoms with Crippen molar-refractivity contribution in [2.75, 3.05) is 0 Å². The average molecular weight is 658 g/mol. The monoisotopic (exact) mass is 657 g/mol. The van der Waals surface area contributed by atoms with Gasteiger partial charge >= 0.3 is 5.97 Å². The number of carbonyl (C=O) groups excluding carboxylic acids is 1. The molecule has 0 saturated carbocycles. The zero-order chi connectivity index (χ0) is 31.1. The molecule has 4 aromatic rings. The van der Waals surface area contributed by atoms with Gasteiger partial charge in [-0.05, 0) is 71.6 Å². The maximum Gasteiger partial charge on any atom is 0.326 e. The summed E-state index contributed by atoms with van der Waals surface area (Å²) in [6.07, 6.45) is 1.70. The van der Waals surface area contributed by atoms with Crippen molar-refractivity contribution < 1.29 is 33.7 Å². The Bertz CT molecular complexity index is 1650. The fraction of sp³-hybridized carbons (Fsp3) is 0.0968. The third-order valence-corrected chi connectivity index (χ3v) is 9.54. The number of aromatic hydroxyl groups is 2. The van der Waals surface area contributed by atoms with E-state index in [0.29, 0.717) is 16.7 Å². The second-order valence-electron chi connectivity index (χ2n) is 9.44. The van der Waals surface area contributed by atoms with Gasteiger partial charge in [0.25, 0.3) is 5.91 Å². The Morgan fingerprint density at radius 1 is 0.860 bits per heavy atom. The van der Waals surface area contributed by atoms with E-state index in [2.05, 4.69) is 5.32 Å². The SMILES string of the molecule is O=C(N[C@@H](Cc1cccc(CS(=O)O)c1)C(=O)O)c1c(Cl)cc(/C=C/P(c2cccc(O)c2)c2cccc(O)c2)cc1Cl. The number of carboxylic acid groups (broad SMARTS) is 1. The van der Waals surface area contributed by atoms with Crippen LogP contribution in [0.3, 0.4) is 0 Å². The molecule has 0 aliphatic rings. The molecule has 5 N–H and O–H groups in total. The Morgan fingerprint density at radius 2 is 1.42 bits per heavy atom. The summed E-state index contributed by atoms with van der Waals surface area (Å²) in [5.41, 5.74) is 1.61. The van der Waals surface area contributed by atoms with Crippen molar-refractivity contribution in [1.82, 2.24) is 5.32 Å². The van der Waals surface area contributed by atoms with Crippen molar-refractivity contribution in [2.24, 2.45) is 0 Å². The van der Waals surface area contributed by atoms with E-state index in [4.69, 9.17) is 27.8 Å². The summed E-state index contributed by atoms with van der Waals surface area (Å²) >= 11 is 10.9. The van der Waals surface area contributed by atoms with E-state index in [0.717, 1.165) is 10.6 Å². The Labute approximate surface area is 261 Å². The lowest BCUT2D eigenvalue weighted by molar-refractivity contribution is -0.139. The Kier molecular flexibility index (Phi) is 11.0. The molecule has 0 aliphatic heterocycles. The summed E-state index contributed by atoms with van der Waals surface area (Å²) in [7, 11) is -1.16. The molecule has 1 amide bonds. The molecular weight excluding hydrogens is 632 g/mol. The van der Waals surface area contributed by atoms with Crippen LogP contribution in [0.2, 0.25) is 10.0 Å². The predicted molar refractivity (Wildman–Crippen MR) is 171 cm³/mol. The highest BCUT2D eigenvalue weighted by Gasteiger charge is 2.24. The van der Waals surface area contributed by atoms with Crippen LogP contribution in [-0.2, 0) is 28.0 Å². The van der Waals surface area contributed by atoms with Crippen LogP contribution in [0.1, 0.15) is 27.0 Å². The smallest absolute Gasteiger partial charge is 0.326 e. The second-order valence-corrected chi connectivity index (χ2v) is 13.3. The van der Waals surface area contributed by atoms with Gasteiger partial charge in [0, 0.05) is 6.42 Å². The molecule has 1 unspecified atom stereocenters. The van der Waals surface area contributed by atoms with Crippen LogP contribution in [-0.4, -0.2) is 42.0 Å². The Hall–Kier alpha value is -3.72. The number of phenols is 2. The van der Waals surface area contributed by atoms with Gasteiger partial charge in [0.15, 0.2) is 11.1 Å². The molecule has 0 spiro atoms. The normalized spacial score (nSPS) is 12.7. The predicted octanol–water partition coefficient (Wildman–Crippen LogP) is 5.66. The summed E-state index contributed by atoms with van der Waals surface area (Å²) in [6.45, 7) is 0. The van der Waals surface area contributed by atoms with E-state index in [9.17, 15) is 29.1 Å². The third kappa shape index (κ3) is 8.89. The first-order valence-corrected chi connectivity index (χ1v) is 16.2. The number of hydrogen-bond donors (Lipinski definition) is 5. The molecule has 222 valence electrons. The third-order valence-electron chi connectivity index (χ3n) is 6.25. The first-order chi connectivity index (χ1) is 20.5. The summed E-state index contributed by atoms with van der Waals surface area (Å²) in [6, 6.07) is 22.0. The van der Waals surface area contributed by atoms with Crippen molar-refractivity contribution in [1.29, 1.82) is 0 Å². The zero-order valence-electron chi connectivity index (χ0n) is 22.4. The van der Waals surface area contributed by atoms with Crippen LogP contribution < -0.4 is 15.9 Å². The number of hydrogen-bond acceptors (Lipinski definition) is 5. The highest BCUT2D eigenvalue weighted by molar-refractivity contribution is 7.78. The van der Waals surface area contributed by atoms with Gasteiger partial charge in [-0.3, -0.25) is 4.79 Å². The minimum absolute atomic E-state index is 0.0141. The lowest BCUT2D eigenvalue weighted by atomic mass is 10.0. The molecule has 2 atom stereocenters. The van der Waals surface area contributed by atoms with Crippen LogP contribution in [0.5, 0.6) is 11.5 Å². The summed E-state index contributed by atoms with van der Waals surface area (Å²) in [4.78, 5) is 25.1. The number of rotatable bonds is 11. The summed E-state index contributed by atoms with van der Waals surface area (Å²) < 4.78 is 20.3. The number of benzene rings is 4. The number of halogens is 2. The lowest BCUT2D eigenvalue weighted by Gasteiger charge is -2.17. The Balaban J connectivity index is 1.56. The molecule has 0 saturated heterocycles. The number of amides is 1. The summed E-state index contributed by atoms with van der Waals surface area (Å²) in [5, 5.41) is 34.0. The van der Waals surface area contributed by atoms with Crippen LogP contribution >= 0.6 is 31.1 Å². The van der Waals surface area contributed by atoms with Crippen molar-refractivity contribution in [3.05, 3.63) is 123 Å². The lowest BCUT2D eigenvalue weighted by Crippen LogP contribution is -2.42. The van der Waals surface area contributed by atoms with Gasteiger partial charge < -0.3 is 25.2 Å². The largest absolute Gasteiger partial charge is 0.508 e. The maximum atomic E-state index is 13.1. The minimum atomic E-state index is -2.05. The number of phenolic OH excluding ortho intramolecular Hbond substituents is 2. The van der Waals surface area contributed by atoms with E-state index in [-0.39, 0.29) is 39.3 Å². The van der Waals surface area contributed by atoms with E-state index < -0.39 is 36.9 Å². The second kappa shape index (κ2) is 14.6. The molecule has 4 rings (SSSR count). The van der Waals surface area contributed by atoms with Crippen molar-refractivity contribution >= 4 is 70.8 Å². The highest BCUT2D eigenvalue weighted by Crippen LogP contribution is 2.38. The maximum absolute atomic E-state index is 13.1. The van der Waals surface area contributed by atoms with Gasteiger partial charge in [0.2, 0.25) is 0 Å². The van der Waals surface area contributed by atoms with Gasteiger partial charge in [0.05, 0.1) is 21.4 Å². The molecular formula is C31H26Cl2NO7PS. The molecule has 12 heteroatoms. The van der Waals surface area contributed by atoms with Crippen LogP contribution in [0, 0.1) is 0 Å². The number of carboxylic acids is 1. The number of aliphatic carboxylic acids is 1. The van der Waals surface area contributed by atoms with Crippen molar-refractivity contribution in [3.8, 4) is 11.5 Å². The van der Waals surface area contributed by atoms with E-state index in [1.54, 1.807) is 66.7 Å². The molecule has 0 aromatic heterocycles. The molecule has 0 aliphatic carbocycles. The molecule has 0 bridgehead atoms. The minimum Gasteiger partial charge on any atom is -0.508 e.